The molecule has 1 aromatic rings. The molecule has 0 spiro atoms. The minimum Gasteiger partial charge on any atom is -0.0991 e. The van der Waals surface area contributed by atoms with E-state index in [1.54, 1.807) is 23.3 Å². The topological polar surface area (TPSA) is 0 Å². The summed E-state index contributed by atoms with van der Waals surface area (Å²) in [6, 6.07) is 8.79. The average Bonchev–Trinajstić information content (AvgIpc) is 2.65. The van der Waals surface area contributed by atoms with Crippen LogP contribution in [0, 0.1) is 0 Å². The molecule has 0 fully saturated rings. The third-order valence-electron chi connectivity index (χ3n) is 2.89. The van der Waals surface area contributed by atoms with Crippen LogP contribution >= 0.6 is 0 Å². The maximum Gasteiger partial charge on any atom is 0.0551 e. The summed E-state index contributed by atoms with van der Waals surface area (Å²) in [6.07, 6.45) is 5.62. The first-order valence-corrected chi connectivity index (χ1v) is 8.50. The summed E-state index contributed by atoms with van der Waals surface area (Å²) in [4.78, 5) is 0. The molecule has 1 unspecified atom stereocenters. The van der Waals surface area contributed by atoms with Crippen molar-refractivity contribution in [2.75, 3.05) is 0 Å². The van der Waals surface area contributed by atoms with Crippen molar-refractivity contribution in [1.29, 1.82) is 0 Å². The molecule has 0 nitrogen and oxygen atoms in total. The van der Waals surface area contributed by atoms with Gasteiger partial charge < -0.3 is 0 Å². The Morgan fingerprint density at radius 1 is 1.11 bits per heavy atom. The van der Waals surface area contributed by atoms with Crippen LogP contribution in [-0.4, -0.2) is 8.80 Å². The molecular formula is C16H21SiTi. The molecule has 0 saturated heterocycles. The van der Waals surface area contributed by atoms with E-state index in [2.05, 4.69) is 63.5 Å². The quantitative estimate of drug-likeness (QED) is 0.540. The van der Waals surface area contributed by atoms with E-state index in [0.29, 0.717) is 0 Å². The summed E-state index contributed by atoms with van der Waals surface area (Å²) in [6.45, 7) is 13.8. The minimum absolute atomic E-state index is 0. The summed E-state index contributed by atoms with van der Waals surface area (Å²) >= 11 is 0. The monoisotopic (exact) mass is 289 g/mol. The van der Waals surface area contributed by atoms with Crippen molar-refractivity contribution >= 4 is 14.9 Å². The molecule has 0 bridgehead atoms. The predicted octanol–water partition coefficient (Wildman–Crippen LogP) is 4.84. The second kappa shape index (κ2) is 8.47. The Bertz CT molecular complexity index is 426. The van der Waals surface area contributed by atoms with Gasteiger partial charge in [0.1, 0.15) is 0 Å². The third kappa shape index (κ3) is 4.24. The number of allylic oxidation sites excluding steroid dienone is 3. The Labute approximate surface area is 128 Å². The van der Waals surface area contributed by atoms with Crippen LogP contribution in [0.4, 0.5) is 0 Å². The second-order valence-electron chi connectivity index (χ2n) is 4.50. The average molecular weight is 289 g/mol. The van der Waals surface area contributed by atoms with Gasteiger partial charge >= 0.3 is 0 Å². The third-order valence-corrected chi connectivity index (χ3v) is 4.81. The van der Waals surface area contributed by atoms with E-state index in [-0.39, 0.29) is 30.5 Å². The molecule has 1 aromatic carbocycles. The fourth-order valence-electron chi connectivity index (χ4n) is 2.25. The van der Waals surface area contributed by atoms with Gasteiger partial charge in [0.2, 0.25) is 0 Å². The van der Waals surface area contributed by atoms with Crippen LogP contribution in [0.25, 0.3) is 6.08 Å². The van der Waals surface area contributed by atoms with Crippen molar-refractivity contribution in [1.82, 2.24) is 0 Å². The second-order valence-corrected chi connectivity index (χ2v) is 7.23. The van der Waals surface area contributed by atoms with Gasteiger partial charge in [0.25, 0.3) is 0 Å². The van der Waals surface area contributed by atoms with Crippen LogP contribution in [-0.2, 0) is 21.7 Å². The summed E-state index contributed by atoms with van der Waals surface area (Å²) in [7, 11) is -0.241. The first-order valence-electron chi connectivity index (χ1n) is 5.92. The van der Waals surface area contributed by atoms with E-state index in [4.69, 9.17) is 0 Å². The van der Waals surface area contributed by atoms with Crippen LogP contribution in [0.3, 0.4) is 0 Å². The van der Waals surface area contributed by atoms with Crippen molar-refractivity contribution in [3.8, 4) is 0 Å². The molecule has 2 heteroatoms. The molecule has 18 heavy (non-hydrogen) atoms. The normalized spacial score (nSPS) is 15.8. The summed E-state index contributed by atoms with van der Waals surface area (Å²) in [5.41, 5.74) is 5.30. The van der Waals surface area contributed by atoms with Crippen molar-refractivity contribution in [3.63, 3.8) is 0 Å². The molecule has 2 rings (SSSR count). The van der Waals surface area contributed by atoms with Gasteiger partial charge in [-0.2, -0.15) is 0 Å². The van der Waals surface area contributed by atoms with E-state index in [1.807, 2.05) is 0 Å². The zero-order chi connectivity index (χ0) is 12.8. The number of hydrogen-bond acceptors (Lipinski definition) is 0. The van der Waals surface area contributed by atoms with E-state index in [9.17, 15) is 0 Å². The van der Waals surface area contributed by atoms with Crippen LogP contribution in [0.15, 0.2) is 55.1 Å². The van der Waals surface area contributed by atoms with Gasteiger partial charge in [-0.05, 0) is 23.6 Å². The Kier molecular flexibility index (Phi) is 8.17. The Morgan fingerprint density at radius 2 is 1.67 bits per heavy atom. The van der Waals surface area contributed by atoms with Crippen LogP contribution in [0.5, 0.6) is 0 Å². The van der Waals surface area contributed by atoms with Gasteiger partial charge in [-0.1, -0.05) is 74.3 Å². The molecule has 0 saturated carbocycles. The van der Waals surface area contributed by atoms with E-state index in [1.165, 1.54) is 5.56 Å². The molecule has 0 aromatic heterocycles. The molecule has 1 atom stereocenters. The van der Waals surface area contributed by atoms with Crippen LogP contribution in [0.1, 0.15) is 23.6 Å². The maximum atomic E-state index is 3.36. The van der Waals surface area contributed by atoms with Gasteiger partial charge in [0, 0.05) is 21.7 Å². The smallest absolute Gasteiger partial charge is 0.0551 e. The van der Waals surface area contributed by atoms with Gasteiger partial charge in [0.15, 0.2) is 0 Å². The van der Waals surface area contributed by atoms with Gasteiger partial charge in [-0.3, -0.25) is 0 Å². The van der Waals surface area contributed by atoms with Gasteiger partial charge in [-0.15, -0.1) is 0 Å². The molecule has 0 heterocycles. The summed E-state index contributed by atoms with van der Waals surface area (Å²) in [5.74, 6) is 0. The van der Waals surface area contributed by atoms with E-state index in [0.717, 1.165) is 5.54 Å². The Morgan fingerprint density at radius 3 is 2.17 bits per heavy atom. The Balaban J connectivity index is 0.000000512. The maximum absolute atomic E-state index is 3.36. The molecule has 1 aliphatic carbocycles. The van der Waals surface area contributed by atoms with Gasteiger partial charge in [0.05, 0.1) is 8.80 Å². The standard InChI is InChI=1S/C12H15Si.C4H6.Ti/c1-9-8-10-6-4-5-7-11(10)12(9)13(2)3;1-3-4-2;/h4-8,12H,1-3H3;3-4H,1-2H2;. The molecular weight excluding hydrogens is 268 g/mol. The molecule has 1 aliphatic rings. The molecule has 1 radical (unpaired) electrons. The Hall–Kier alpha value is -0.629. The number of rotatable bonds is 2. The summed E-state index contributed by atoms with van der Waals surface area (Å²) in [5, 5.41) is 0. The number of hydrogen-bond donors (Lipinski definition) is 0. The van der Waals surface area contributed by atoms with E-state index >= 15 is 0 Å². The zero-order valence-corrected chi connectivity index (χ0v) is 14.1. The molecule has 0 aliphatic heterocycles. The zero-order valence-electron chi connectivity index (χ0n) is 11.5. The fraction of sp³-hybridized carbons (Fsp3) is 0.250. The molecule has 93 valence electrons. The van der Waals surface area contributed by atoms with Crippen molar-refractivity contribution in [2.45, 2.75) is 25.6 Å². The van der Waals surface area contributed by atoms with Gasteiger partial charge in [-0.25, -0.2) is 0 Å². The number of benzene rings is 1. The largest absolute Gasteiger partial charge is 0.0991 e. The first-order chi connectivity index (χ1) is 8.11. The molecule has 0 amide bonds. The summed E-state index contributed by atoms with van der Waals surface area (Å²) < 4.78 is 0. The predicted molar refractivity (Wildman–Crippen MR) is 80.7 cm³/mol. The van der Waals surface area contributed by atoms with Crippen molar-refractivity contribution in [3.05, 3.63) is 66.3 Å². The number of fused-ring (bicyclic) bond motifs is 1. The first kappa shape index (κ1) is 17.4. The van der Waals surface area contributed by atoms with E-state index < -0.39 is 0 Å². The van der Waals surface area contributed by atoms with Crippen LogP contribution in [0.2, 0.25) is 13.1 Å². The van der Waals surface area contributed by atoms with Crippen LogP contribution < -0.4 is 0 Å². The molecule has 0 N–H and O–H groups in total. The van der Waals surface area contributed by atoms with Crippen molar-refractivity contribution < 1.29 is 21.7 Å². The fourth-order valence-corrected chi connectivity index (χ4v) is 4.12. The SMILES string of the molecule is C=CC=C.CC1=Cc2ccccc2C1[Si](C)C.[Ti]. The van der Waals surface area contributed by atoms with Crippen molar-refractivity contribution in [2.24, 2.45) is 0 Å². The minimum atomic E-state index is -0.241.